The number of aliphatic hydroxyl groups is 1. The van der Waals surface area contributed by atoms with Gasteiger partial charge in [-0.2, -0.15) is 13.2 Å². The molecule has 1 saturated heterocycles. The highest BCUT2D eigenvalue weighted by Gasteiger charge is 2.44. The minimum absolute atomic E-state index is 0.0106. The summed E-state index contributed by atoms with van der Waals surface area (Å²) < 4.78 is 38.7. The molecule has 0 bridgehead atoms. The zero-order valence-corrected chi connectivity index (χ0v) is 16.0. The number of hydrogen-bond acceptors (Lipinski definition) is 3. The fourth-order valence-corrected chi connectivity index (χ4v) is 4.43. The van der Waals surface area contributed by atoms with Gasteiger partial charge in [-0.3, -0.25) is 9.78 Å². The molecule has 2 heterocycles. The van der Waals surface area contributed by atoms with Gasteiger partial charge in [-0.15, -0.1) is 0 Å². The van der Waals surface area contributed by atoms with Crippen LogP contribution in [0.25, 0.3) is 0 Å². The highest BCUT2D eigenvalue weighted by atomic mass is 19.4. The zero-order chi connectivity index (χ0) is 20.0. The van der Waals surface area contributed by atoms with Gasteiger partial charge in [0.2, 0.25) is 5.91 Å². The van der Waals surface area contributed by atoms with Crippen LogP contribution in [0.1, 0.15) is 62.4 Å². The first-order valence-corrected chi connectivity index (χ1v) is 9.54. The minimum atomic E-state index is -4.38. The van der Waals surface area contributed by atoms with E-state index in [2.05, 4.69) is 4.98 Å². The van der Waals surface area contributed by atoms with E-state index < -0.39 is 17.3 Å². The summed E-state index contributed by atoms with van der Waals surface area (Å²) in [6.07, 6.45) is -1.69. The third-order valence-corrected chi connectivity index (χ3v) is 6.16. The minimum Gasteiger partial charge on any atom is -0.390 e. The summed E-state index contributed by atoms with van der Waals surface area (Å²) in [6.45, 7) is 6.47. The maximum Gasteiger partial charge on any atom is 0.418 e. The van der Waals surface area contributed by atoms with Gasteiger partial charge in [0, 0.05) is 36.3 Å². The number of amides is 1. The molecule has 1 aromatic heterocycles. The summed E-state index contributed by atoms with van der Waals surface area (Å²) in [5.74, 6) is 0.388. The normalized spacial score (nSPS) is 28.0. The molecule has 1 amide bonds. The Hall–Kier alpha value is -1.63. The van der Waals surface area contributed by atoms with Crippen molar-refractivity contribution >= 4 is 5.91 Å². The van der Waals surface area contributed by atoms with Crippen LogP contribution in [-0.4, -0.2) is 39.6 Å². The second kappa shape index (κ2) is 7.08. The van der Waals surface area contributed by atoms with Crippen molar-refractivity contribution in [2.24, 2.45) is 11.8 Å². The number of aromatic nitrogens is 1. The molecule has 0 spiro atoms. The molecule has 1 aliphatic heterocycles. The van der Waals surface area contributed by atoms with Crippen LogP contribution in [0.2, 0.25) is 0 Å². The second-order valence-electron chi connectivity index (χ2n) is 8.42. The van der Waals surface area contributed by atoms with Crippen LogP contribution < -0.4 is 0 Å². The molecule has 1 aliphatic carbocycles. The summed E-state index contributed by atoms with van der Waals surface area (Å²) in [6, 6.07) is 2.60. The van der Waals surface area contributed by atoms with Gasteiger partial charge in [-0.05, 0) is 57.6 Å². The molecule has 3 rings (SSSR count). The monoisotopic (exact) mass is 384 g/mol. The number of rotatable bonds is 3. The molecule has 150 valence electrons. The van der Waals surface area contributed by atoms with Crippen molar-refractivity contribution in [3.05, 3.63) is 29.1 Å². The molecule has 2 fully saturated rings. The van der Waals surface area contributed by atoms with Crippen molar-refractivity contribution in [3.8, 4) is 0 Å². The maximum absolute atomic E-state index is 12.9. The average molecular weight is 384 g/mol. The summed E-state index contributed by atoms with van der Waals surface area (Å²) in [5, 5.41) is 9.82. The van der Waals surface area contributed by atoms with Crippen molar-refractivity contribution in [1.82, 2.24) is 9.88 Å². The molecule has 7 heteroatoms. The van der Waals surface area contributed by atoms with Gasteiger partial charge in [0.15, 0.2) is 0 Å². The van der Waals surface area contributed by atoms with Crippen molar-refractivity contribution in [3.63, 3.8) is 0 Å². The van der Waals surface area contributed by atoms with Gasteiger partial charge in [0.05, 0.1) is 11.2 Å². The molecule has 0 radical (unpaired) electrons. The van der Waals surface area contributed by atoms with E-state index in [0.717, 1.165) is 18.9 Å². The second-order valence-corrected chi connectivity index (χ2v) is 8.42. The number of aryl methyl sites for hydroxylation is 1. The van der Waals surface area contributed by atoms with Gasteiger partial charge in [0.1, 0.15) is 0 Å². The van der Waals surface area contributed by atoms with Crippen LogP contribution >= 0.6 is 0 Å². The summed E-state index contributed by atoms with van der Waals surface area (Å²) in [5.41, 5.74) is -0.703. The van der Waals surface area contributed by atoms with E-state index >= 15 is 0 Å². The van der Waals surface area contributed by atoms with Gasteiger partial charge in [-0.1, -0.05) is 6.92 Å². The maximum atomic E-state index is 12.9. The SMILES string of the molecule is Cc1nc([C@H](C)C2CCN(C(=O)[C@H]3C[C@@](C)(O)C3)CC2)ccc1C(F)(F)F. The predicted molar refractivity (Wildman–Crippen MR) is 95.0 cm³/mol. The van der Waals surface area contributed by atoms with Crippen molar-refractivity contribution < 1.29 is 23.1 Å². The van der Waals surface area contributed by atoms with Crippen LogP contribution in [0.3, 0.4) is 0 Å². The van der Waals surface area contributed by atoms with Crippen molar-refractivity contribution in [2.45, 2.75) is 64.1 Å². The van der Waals surface area contributed by atoms with Crippen LogP contribution in [-0.2, 0) is 11.0 Å². The molecule has 1 saturated carbocycles. The Morgan fingerprint density at radius 3 is 2.37 bits per heavy atom. The van der Waals surface area contributed by atoms with E-state index in [1.54, 1.807) is 6.92 Å². The van der Waals surface area contributed by atoms with Crippen molar-refractivity contribution in [2.75, 3.05) is 13.1 Å². The highest BCUT2D eigenvalue weighted by molar-refractivity contribution is 5.80. The van der Waals surface area contributed by atoms with Crippen LogP contribution in [0, 0.1) is 18.8 Å². The number of piperidine rings is 1. The number of nitrogens with zero attached hydrogens (tertiary/aromatic N) is 2. The topological polar surface area (TPSA) is 53.4 Å². The smallest absolute Gasteiger partial charge is 0.390 e. The zero-order valence-electron chi connectivity index (χ0n) is 16.0. The fourth-order valence-electron chi connectivity index (χ4n) is 4.43. The number of hydrogen-bond donors (Lipinski definition) is 1. The number of carbonyl (C=O) groups is 1. The highest BCUT2D eigenvalue weighted by Crippen LogP contribution is 2.40. The lowest BCUT2D eigenvalue weighted by atomic mass is 9.71. The first-order chi connectivity index (χ1) is 12.5. The van der Waals surface area contributed by atoms with Crippen molar-refractivity contribution in [1.29, 1.82) is 0 Å². The van der Waals surface area contributed by atoms with E-state index in [1.165, 1.54) is 13.0 Å². The number of pyridine rings is 1. The molecular weight excluding hydrogens is 357 g/mol. The molecule has 1 atom stereocenters. The lowest BCUT2D eigenvalue weighted by Gasteiger charge is -2.44. The van der Waals surface area contributed by atoms with Gasteiger partial charge in [0.25, 0.3) is 0 Å². The first-order valence-electron chi connectivity index (χ1n) is 9.54. The molecular formula is C20H27F3N2O2. The third kappa shape index (κ3) is 4.28. The lowest BCUT2D eigenvalue weighted by molar-refractivity contribution is -0.151. The first kappa shape index (κ1) is 20.1. The number of carbonyl (C=O) groups excluding carboxylic acids is 1. The molecule has 0 aromatic carbocycles. The molecule has 4 nitrogen and oxygen atoms in total. The quantitative estimate of drug-likeness (QED) is 0.860. The number of likely N-dealkylation sites (tertiary alicyclic amines) is 1. The fraction of sp³-hybridized carbons (Fsp3) is 0.700. The van der Waals surface area contributed by atoms with Crippen LogP contribution in [0.15, 0.2) is 12.1 Å². The summed E-state index contributed by atoms with van der Waals surface area (Å²) in [4.78, 5) is 18.6. The summed E-state index contributed by atoms with van der Waals surface area (Å²) >= 11 is 0. The van der Waals surface area contributed by atoms with Gasteiger partial charge in [-0.25, -0.2) is 0 Å². The Kier molecular flexibility index (Phi) is 5.27. The Labute approximate surface area is 157 Å². The predicted octanol–water partition coefficient (Wildman–Crippen LogP) is 3.91. The standard InChI is InChI=1S/C20H27F3N2O2/c1-12(17-5-4-16(13(2)24-17)20(21,22)23)14-6-8-25(9-7-14)18(26)15-10-19(3,27)11-15/h4-5,12,14-15,27H,6-11H2,1-3H3/t12-,15-,19+/m1/s1. The Morgan fingerprint density at radius 2 is 1.89 bits per heavy atom. The van der Waals surface area contributed by atoms with Gasteiger partial charge >= 0.3 is 6.18 Å². The molecule has 0 unspecified atom stereocenters. The van der Waals surface area contributed by atoms with E-state index in [1.807, 2.05) is 11.8 Å². The Bertz CT molecular complexity index is 702. The Morgan fingerprint density at radius 1 is 1.30 bits per heavy atom. The van der Waals surface area contributed by atoms with E-state index in [0.29, 0.717) is 37.5 Å². The molecule has 27 heavy (non-hydrogen) atoms. The van der Waals surface area contributed by atoms with Crippen LogP contribution in [0.4, 0.5) is 13.2 Å². The third-order valence-electron chi connectivity index (χ3n) is 6.16. The van der Waals surface area contributed by atoms with Crippen LogP contribution in [0.5, 0.6) is 0 Å². The Balaban J connectivity index is 1.58. The molecule has 2 aliphatic rings. The van der Waals surface area contributed by atoms with E-state index in [4.69, 9.17) is 0 Å². The molecule has 1 aromatic rings. The molecule has 1 N–H and O–H groups in total. The van der Waals surface area contributed by atoms with E-state index in [-0.39, 0.29) is 23.4 Å². The van der Waals surface area contributed by atoms with E-state index in [9.17, 15) is 23.1 Å². The largest absolute Gasteiger partial charge is 0.418 e. The van der Waals surface area contributed by atoms with Gasteiger partial charge < -0.3 is 10.0 Å². The number of alkyl halides is 3. The number of halogens is 3. The lowest BCUT2D eigenvalue weighted by Crippen LogP contribution is -2.51. The summed E-state index contributed by atoms with van der Waals surface area (Å²) in [7, 11) is 0. The average Bonchev–Trinajstić information content (AvgIpc) is 2.57.